The Labute approximate surface area is 174 Å². The summed E-state index contributed by atoms with van der Waals surface area (Å²) >= 11 is 0. The predicted octanol–water partition coefficient (Wildman–Crippen LogP) is 4.42. The van der Waals surface area contributed by atoms with Crippen molar-refractivity contribution in [1.29, 1.82) is 0 Å². The lowest BCUT2D eigenvalue weighted by Crippen LogP contribution is -2.39. The number of rotatable bonds is 12. The molecule has 0 saturated carbocycles. The van der Waals surface area contributed by atoms with Gasteiger partial charge in [0.05, 0.1) is 13.2 Å². The Balaban J connectivity index is 2.04. The molecule has 0 fully saturated rings. The smallest absolute Gasteiger partial charge is 0.338 e. The van der Waals surface area contributed by atoms with Gasteiger partial charge in [0.1, 0.15) is 19.1 Å². The number of nitrogens with zero attached hydrogens (tertiary/aromatic N) is 3. The Bertz CT molecular complexity index is 934. The minimum absolute atomic E-state index is 0.0350. The third-order valence-electron chi connectivity index (χ3n) is 4.03. The molecule has 10 heteroatoms. The van der Waals surface area contributed by atoms with E-state index < -0.39 is 31.9 Å². The normalized spacial score (nSPS) is 14.6. The molecule has 2 unspecified atom stereocenters. The van der Waals surface area contributed by atoms with Crippen LogP contribution in [0.4, 0.5) is 0 Å². The summed E-state index contributed by atoms with van der Waals surface area (Å²) < 4.78 is 28.8. The molecular weight excluding hydrogens is 409 g/mol. The number of hydrogen-bond donors (Lipinski definition) is 0. The lowest BCUT2D eigenvalue weighted by molar-refractivity contribution is -0.152. The monoisotopic (exact) mass is 431 g/mol. The van der Waals surface area contributed by atoms with Crippen LogP contribution in [0.3, 0.4) is 0 Å². The Morgan fingerprint density at radius 1 is 1.07 bits per heavy atom. The average Bonchev–Trinajstić information content (AvgIpc) is 2.77. The summed E-state index contributed by atoms with van der Waals surface area (Å²) in [5, 5.41) is 3.47. The first-order valence-corrected chi connectivity index (χ1v) is 10.8. The van der Waals surface area contributed by atoms with E-state index in [1.807, 2.05) is 12.1 Å². The lowest BCUT2D eigenvalue weighted by Gasteiger charge is -2.24. The molecule has 9 nitrogen and oxygen atoms in total. The van der Waals surface area contributed by atoms with E-state index in [1.165, 1.54) is 6.92 Å². The Kier molecular flexibility index (Phi) is 8.77. The number of carbonyl (C=O) groups excluding carboxylic acids is 2. The number of esters is 1. The maximum absolute atomic E-state index is 12.9. The van der Waals surface area contributed by atoms with Gasteiger partial charge in [0.2, 0.25) is 0 Å². The molecule has 0 amide bonds. The molecule has 30 heavy (non-hydrogen) atoms. The van der Waals surface area contributed by atoms with Crippen LogP contribution in [0, 0.1) is 0 Å². The summed E-state index contributed by atoms with van der Waals surface area (Å²) in [6, 6.07) is 17.8. The Morgan fingerprint density at radius 2 is 1.63 bits per heavy atom. The van der Waals surface area contributed by atoms with Gasteiger partial charge in [0.25, 0.3) is 0 Å². The van der Waals surface area contributed by atoms with E-state index in [4.69, 9.17) is 19.3 Å². The predicted molar refractivity (Wildman–Crippen MR) is 110 cm³/mol. The van der Waals surface area contributed by atoms with Gasteiger partial charge in [0.15, 0.2) is 5.54 Å². The zero-order chi connectivity index (χ0) is 21.9. The third-order valence-corrected chi connectivity index (χ3v) is 5.67. The standard InChI is InChI=1S/C20H22N3O6P/c1-20(22-23-21,19(25)27-14-17-8-4-2-5-9-17)16-29-30(26,13-12-24)28-15-18-10-6-3-7-11-18/h2-12H,13-16H2,1H3. The van der Waals surface area contributed by atoms with E-state index in [0.717, 1.165) is 11.1 Å². The number of benzene rings is 2. The van der Waals surface area contributed by atoms with Crippen molar-refractivity contribution in [1.82, 2.24) is 0 Å². The molecule has 0 N–H and O–H groups in total. The van der Waals surface area contributed by atoms with Crippen molar-refractivity contribution in [3.05, 3.63) is 82.2 Å². The highest BCUT2D eigenvalue weighted by molar-refractivity contribution is 7.54. The number of azide groups is 1. The fraction of sp³-hybridized carbons (Fsp3) is 0.300. The molecule has 0 aliphatic rings. The Morgan fingerprint density at radius 3 is 2.17 bits per heavy atom. The summed E-state index contributed by atoms with van der Waals surface area (Å²) in [4.78, 5) is 26.2. The van der Waals surface area contributed by atoms with Gasteiger partial charge in [-0.15, -0.1) is 0 Å². The van der Waals surface area contributed by atoms with Gasteiger partial charge in [-0.1, -0.05) is 65.8 Å². The fourth-order valence-corrected chi connectivity index (χ4v) is 3.57. The maximum atomic E-state index is 12.9. The zero-order valence-electron chi connectivity index (χ0n) is 16.4. The number of hydrogen-bond acceptors (Lipinski definition) is 7. The van der Waals surface area contributed by atoms with Crippen LogP contribution in [-0.4, -0.2) is 30.6 Å². The molecule has 0 aliphatic heterocycles. The first kappa shape index (κ1) is 23.3. The van der Waals surface area contributed by atoms with Crippen molar-refractivity contribution in [2.45, 2.75) is 25.7 Å². The van der Waals surface area contributed by atoms with E-state index in [9.17, 15) is 14.2 Å². The van der Waals surface area contributed by atoms with E-state index in [1.54, 1.807) is 48.5 Å². The van der Waals surface area contributed by atoms with E-state index in [-0.39, 0.29) is 13.2 Å². The highest BCUT2D eigenvalue weighted by Crippen LogP contribution is 2.49. The molecule has 0 aromatic heterocycles. The summed E-state index contributed by atoms with van der Waals surface area (Å²) in [6.07, 6.45) is -0.102. The van der Waals surface area contributed by atoms with Gasteiger partial charge in [-0.3, -0.25) is 9.36 Å². The second-order valence-electron chi connectivity index (χ2n) is 6.52. The molecule has 0 bridgehead atoms. The molecule has 2 aromatic rings. The summed E-state index contributed by atoms with van der Waals surface area (Å²) in [7, 11) is -3.88. The summed E-state index contributed by atoms with van der Waals surface area (Å²) in [6.45, 7) is 0.627. The first-order chi connectivity index (χ1) is 14.4. The maximum Gasteiger partial charge on any atom is 0.338 e. The minimum Gasteiger partial charge on any atom is -0.460 e. The van der Waals surface area contributed by atoms with Crippen LogP contribution in [0.25, 0.3) is 10.4 Å². The van der Waals surface area contributed by atoms with Crippen LogP contribution < -0.4 is 0 Å². The molecule has 2 rings (SSSR count). The topological polar surface area (TPSA) is 128 Å². The van der Waals surface area contributed by atoms with Crippen LogP contribution in [-0.2, 0) is 41.2 Å². The van der Waals surface area contributed by atoms with Gasteiger partial charge in [-0.05, 0) is 23.6 Å². The van der Waals surface area contributed by atoms with Crippen LogP contribution in [0.1, 0.15) is 18.1 Å². The number of aldehydes is 1. The molecule has 0 heterocycles. The number of ether oxygens (including phenoxy) is 1. The van der Waals surface area contributed by atoms with E-state index in [0.29, 0.717) is 6.29 Å². The SMILES string of the molecule is CC(COP(=O)(CC=O)OCc1ccccc1)(N=[N+]=[N-])C(=O)OCc1ccccc1. The molecule has 0 aliphatic carbocycles. The van der Waals surface area contributed by atoms with E-state index >= 15 is 0 Å². The average molecular weight is 431 g/mol. The highest BCUT2D eigenvalue weighted by atomic mass is 31.2. The van der Waals surface area contributed by atoms with Crippen molar-refractivity contribution in [3.8, 4) is 0 Å². The van der Waals surface area contributed by atoms with Crippen molar-refractivity contribution >= 4 is 19.9 Å². The highest BCUT2D eigenvalue weighted by Gasteiger charge is 2.38. The summed E-state index contributed by atoms with van der Waals surface area (Å²) in [5.74, 6) is -0.857. The van der Waals surface area contributed by atoms with Gasteiger partial charge in [-0.2, -0.15) is 0 Å². The second kappa shape index (κ2) is 11.3. The van der Waals surface area contributed by atoms with Crippen molar-refractivity contribution in [2.24, 2.45) is 5.11 Å². The zero-order valence-corrected chi connectivity index (χ0v) is 17.3. The third kappa shape index (κ3) is 7.13. The largest absolute Gasteiger partial charge is 0.460 e. The molecule has 0 spiro atoms. The minimum atomic E-state index is -3.88. The van der Waals surface area contributed by atoms with Gasteiger partial charge in [0, 0.05) is 4.91 Å². The van der Waals surface area contributed by atoms with Crippen molar-refractivity contribution in [2.75, 3.05) is 12.8 Å². The van der Waals surface area contributed by atoms with Crippen LogP contribution in [0.5, 0.6) is 0 Å². The van der Waals surface area contributed by atoms with Crippen LogP contribution >= 0.6 is 7.60 Å². The first-order valence-electron chi connectivity index (χ1n) is 9.04. The quantitative estimate of drug-likeness (QED) is 0.122. The molecule has 2 aromatic carbocycles. The summed E-state index contributed by atoms with van der Waals surface area (Å²) in [5.41, 5.74) is 8.54. The van der Waals surface area contributed by atoms with Gasteiger partial charge >= 0.3 is 13.6 Å². The fourth-order valence-electron chi connectivity index (χ4n) is 2.31. The molecule has 0 radical (unpaired) electrons. The van der Waals surface area contributed by atoms with Gasteiger partial charge in [-0.25, -0.2) is 0 Å². The van der Waals surface area contributed by atoms with Gasteiger partial charge < -0.3 is 18.6 Å². The van der Waals surface area contributed by atoms with E-state index in [2.05, 4.69) is 10.0 Å². The molecule has 0 saturated heterocycles. The second-order valence-corrected chi connectivity index (χ2v) is 8.62. The molecule has 2 atom stereocenters. The molecular formula is C20H22N3O6P. The Hall–Kier alpha value is -2.96. The molecule has 158 valence electrons. The van der Waals surface area contributed by atoms with Crippen molar-refractivity contribution in [3.63, 3.8) is 0 Å². The van der Waals surface area contributed by atoms with Crippen molar-refractivity contribution < 1.29 is 27.9 Å². The van der Waals surface area contributed by atoms with Crippen LogP contribution in [0.2, 0.25) is 0 Å². The number of carbonyl (C=O) groups is 2. The lowest BCUT2D eigenvalue weighted by atomic mass is 10.1. The van der Waals surface area contributed by atoms with Crippen LogP contribution in [0.15, 0.2) is 65.8 Å².